The summed E-state index contributed by atoms with van der Waals surface area (Å²) in [4.78, 5) is 32.7. The van der Waals surface area contributed by atoms with Crippen LogP contribution < -0.4 is 15.1 Å². The highest BCUT2D eigenvalue weighted by Gasteiger charge is 2.44. The third-order valence-electron chi connectivity index (χ3n) is 19.1. The summed E-state index contributed by atoms with van der Waals surface area (Å²) in [6.07, 6.45) is 16.4. The van der Waals surface area contributed by atoms with E-state index in [1.54, 1.807) is 7.11 Å². The molecule has 0 radical (unpaired) electrons. The third-order valence-corrected chi connectivity index (χ3v) is 19.1. The van der Waals surface area contributed by atoms with E-state index >= 15 is 0 Å². The van der Waals surface area contributed by atoms with E-state index in [0.717, 1.165) is 49.9 Å². The molecule has 702 valence electrons. The van der Waals surface area contributed by atoms with Crippen LogP contribution in [0.4, 0.5) is 11.4 Å². The van der Waals surface area contributed by atoms with Gasteiger partial charge in [0.1, 0.15) is 6.54 Å². The van der Waals surface area contributed by atoms with E-state index in [2.05, 4.69) is 121 Å². The number of ether oxygens (including phenoxy) is 24. The zero-order valence-electron chi connectivity index (χ0n) is 74.4. The van der Waals surface area contributed by atoms with Crippen LogP contribution in [-0.2, 0) is 134 Å². The van der Waals surface area contributed by atoms with Crippen molar-refractivity contribution < 1.29 is 143 Å². The second-order valence-electron chi connectivity index (χ2n) is 29.1. The van der Waals surface area contributed by atoms with Gasteiger partial charge in [0, 0.05) is 86.1 Å². The first-order valence-electron chi connectivity index (χ1n) is 44.0. The summed E-state index contributed by atoms with van der Waals surface area (Å²) < 4.78 is 135. The number of amides is 1. The summed E-state index contributed by atoms with van der Waals surface area (Å²) in [6.45, 7) is 33.8. The Kier molecular flexibility index (Phi) is 64.7. The fraction of sp³-hybridized carbons (Fsp3) is 0.722. The lowest BCUT2D eigenvalue weighted by Gasteiger charge is -2.27. The number of carbonyl (C=O) groups excluding carboxylic acids is 2. The molecule has 2 aliphatic heterocycles. The van der Waals surface area contributed by atoms with Gasteiger partial charge in [-0.2, -0.15) is 4.58 Å². The minimum absolute atomic E-state index is 0.0277. The maximum Gasteiger partial charge on any atom is 0.333 e. The Labute approximate surface area is 730 Å². The molecule has 3 aromatic rings. The molecule has 3 heterocycles. The van der Waals surface area contributed by atoms with Crippen molar-refractivity contribution in [2.75, 3.05) is 342 Å². The first-order chi connectivity index (χ1) is 60.5. The Morgan fingerprint density at radius 2 is 0.683 bits per heavy atom. The van der Waals surface area contributed by atoms with Gasteiger partial charge in [-0.3, -0.25) is 4.79 Å². The van der Waals surface area contributed by atoms with E-state index in [4.69, 9.17) is 119 Å². The lowest BCUT2D eigenvalue weighted by molar-refractivity contribution is -0.438. The zero-order chi connectivity index (χ0) is 87.5. The summed E-state index contributed by atoms with van der Waals surface area (Å²) in [5, 5.41) is 22.6. The molecule has 0 spiro atoms. The van der Waals surface area contributed by atoms with E-state index in [9.17, 15) is 19.8 Å². The van der Waals surface area contributed by atoms with Gasteiger partial charge < -0.3 is 139 Å². The van der Waals surface area contributed by atoms with Crippen molar-refractivity contribution in [3.8, 4) is 11.8 Å². The van der Waals surface area contributed by atoms with Gasteiger partial charge in [-0.25, -0.2) is 4.79 Å². The maximum atomic E-state index is 12.7. The van der Waals surface area contributed by atoms with Crippen LogP contribution in [-0.4, -0.2) is 374 Å². The lowest BCUT2D eigenvalue weighted by Crippen LogP contribution is -2.28. The quantitative estimate of drug-likeness (QED) is 0.0274. The lowest BCUT2D eigenvalue weighted by atomic mass is 9.81. The van der Waals surface area contributed by atoms with Crippen LogP contribution in [0.15, 0.2) is 96.7 Å². The number of fused-ring (bicyclic) bond motifs is 2. The molecule has 0 fully saturated rings. The van der Waals surface area contributed by atoms with Gasteiger partial charge in [-0.15, -0.1) is 4.73 Å². The standard InChI is InChI=1S/C90H148N4O29/c1-89(2)79-19-13-15-21-81(79)92(83(89)23-9-6-10-24-84-90(3,4)80-20-14-16-22-82(80)93(84)31-18-8-12-26-88(98)123-94-86(96)27-28-87(94)97)30-17-7-11-25-85(95)91-29-32-100-35-36-102-39-40-104-43-44-106-47-48-108-51-52-110-55-56-112-59-60-114-63-64-116-67-68-118-71-72-120-75-76-122-78-77-121-74-73-119-70-69-117-66-65-115-62-61-113-58-57-111-54-53-109-50-49-107-46-45-105-42-41-103-38-37-101-34-33-99-5/h6,9-10,13-16,19-24,27-28H,7-8,11-12,17-18,25-26,29-78H2,1-5H3,(H2-,91,95,96,97)/p+1. The number of hydrogen-bond acceptors (Lipinski definition) is 30. The fourth-order valence-corrected chi connectivity index (χ4v) is 12.6. The highest BCUT2D eigenvalue weighted by atomic mass is 16.7. The monoisotopic (exact) mass is 1750 g/mol. The van der Waals surface area contributed by atoms with Gasteiger partial charge in [-0.05, 0) is 57.2 Å². The van der Waals surface area contributed by atoms with Crippen LogP contribution in [0.1, 0.15) is 90.2 Å². The predicted octanol–water partition coefficient (Wildman–Crippen LogP) is 7.99. The van der Waals surface area contributed by atoms with Crippen molar-refractivity contribution >= 4 is 29.0 Å². The highest BCUT2D eigenvalue weighted by Crippen LogP contribution is 2.48. The van der Waals surface area contributed by atoms with Gasteiger partial charge in [0.25, 0.3) is 0 Å². The number of methoxy groups -OCH3 is 1. The van der Waals surface area contributed by atoms with Gasteiger partial charge >= 0.3 is 5.97 Å². The average Bonchev–Trinajstić information content (AvgIpc) is 1.60. The number of benzene rings is 2. The van der Waals surface area contributed by atoms with E-state index in [0.29, 0.717) is 330 Å². The molecule has 0 saturated carbocycles. The maximum absolute atomic E-state index is 12.7. The van der Waals surface area contributed by atoms with E-state index in [1.165, 1.54) is 46.0 Å². The van der Waals surface area contributed by atoms with E-state index < -0.39 is 5.97 Å². The summed E-state index contributed by atoms with van der Waals surface area (Å²) >= 11 is 0. The minimum Gasteiger partial charge on any atom is -0.492 e. The van der Waals surface area contributed by atoms with Gasteiger partial charge in [0.05, 0.1) is 316 Å². The van der Waals surface area contributed by atoms with Crippen LogP contribution >= 0.6 is 0 Å². The SMILES string of the molecule is COCCOCCOCCOCCOCCOCCOCCOCCOCCOCCOCCOCCOCCOCCOCCOCCOCCOCCOCCOCCOCCOCCOCCOCCNC(=O)CCCCC[N+]1=C(C=CC=CC=C2N(CCCCCC(=O)On3c(O)ccc3O)c3ccccc3C2(C)C)C(C)(C)c2ccccc21. The smallest absolute Gasteiger partial charge is 0.333 e. The number of aromatic nitrogens is 1. The van der Waals surface area contributed by atoms with E-state index in [1.807, 2.05) is 0 Å². The molecular weight excluding hydrogens is 1600 g/mol. The van der Waals surface area contributed by atoms with Crippen LogP contribution in [0.25, 0.3) is 0 Å². The molecule has 0 saturated heterocycles. The third kappa shape index (κ3) is 51.5. The van der Waals surface area contributed by atoms with Crippen molar-refractivity contribution in [2.45, 2.75) is 89.9 Å². The molecule has 3 N–H and O–H groups in total. The molecule has 2 aliphatic rings. The van der Waals surface area contributed by atoms with E-state index in [-0.39, 0.29) is 34.9 Å². The Bertz CT molecular complexity index is 3180. The predicted molar refractivity (Wildman–Crippen MR) is 462 cm³/mol. The molecule has 1 amide bonds. The molecular formula is C90H149N4O29+. The average molecular weight is 1750 g/mol. The summed E-state index contributed by atoms with van der Waals surface area (Å²) in [6, 6.07) is 19.7. The van der Waals surface area contributed by atoms with Crippen molar-refractivity contribution in [1.82, 2.24) is 10.0 Å². The molecule has 0 unspecified atom stereocenters. The van der Waals surface area contributed by atoms with Crippen molar-refractivity contribution in [2.24, 2.45) is 0 Å². The Morgan fingerprint density at radius 3 is 1.06 bits per heavy atom. The molecule has 2 aromatic carbocycles. The molecule has 0 aliphatic carbocycles. The number of para-hydroxylation sites is 2. The summed E-state index contributed by atoms with van der Waals surface area (Å²) in [5.74, 6) is -1.17. The molecule has 1 aromatic heterocycles. The fourth-order valence-electron chi connectivity index (χ4n) is 12.6. The molecule has 0 atom stereocenters. The van der Waals surface area contributed by atoms with Crippen molar-refractivity contribution in [3.63, 3.8) is 0 Å². The number of rotatable bonds is 88. The first kappa shape index (κ1) is 108. The number of unbranched alkanes of at least 4 members (excludes halogenated alkanes) is 4. The molecule has 33 nitrogen and oxygen atoms in total. The number of aromatic hydroxyl groups is 2. The number of anilines is 1. The Hall–Kier alpha value is -6.01. The van der Waals surface area contributed by atoms with Crippen LogP contribution in [0.3, 0.4) is 0 Å². The summed E-state index contributed by atoms with van der Waals surface area (Å²) in [5.41, 5.74) is 7.02. The minimum atomic E-state index is -0.522. The van der Waals surface area contributed by atoms with Gasteiger partial charge in [-0.1, -0.05) is 74.9 Å². The number of hydrogen-bond donors (Lipinski definition) is 3. The second-order valence-corrected chi connectivity index (χ2v) is 29.1. The largest absolute Gasteiger partial charge is 0.492 e. The van der Waals surface area contributed by atoms with Gasteiger partial charge in [0.15, 0.2) is 5.71 Å². The normalized spacial score (nSPS) is 14.0. The number of allylic oxidation sites excluding steroid dienone is 6. The van der Waals surface area contributed by atoms with Crippen molar-refractivity contribution in [1.29, 1.82) is 0 Å². The first-order valence-corrected chi connectivity index (χ1v) is 44.0. The van der Waals surface area contributed by atoms with Crippen LogP contribution in [0.5, 0.6) is 11.8 Å². The molecule has 0 bridgehead atoms. The topological polar surface area (TPSA) is 329 Å². The highest BCUT2D eigenvalue weighted by molar-refractivity contribution is 6.03. The second kappa shape index (κ2) is 74.0. The Balaban J connectivity index is 0.678. The Morgan fingerprint density at radius 1 is 0.358 bits per heavy atom. The van der Waals surface area contributed by atoms with Crippen LogP contribution in [0, 0.1) is 0 Å². The van der Waals surface area contributed by atoms with Gasteiger partial charge in [0.2, 0.25) is 23.4 Å². The number of carbonyl (C=O) groups is 2. The van der Waals surface area contributed by atoms with Crippen molar-refractivity contribution in [3.05, 3.63) is 108 Å². The molecule has 123 heavy (non-hydrogen) atoms. The summed E-state index contributed by atoms with van der Waals surface area (Å²) in [7, 11) is 1.64. The number of nitrogens with zero attached hydrogens (tertiary/aromatic N) is 3. The number of nitrogens with one attached hydrogen (secondary N) is 1. The van der Waals surface area contributed by atoms with Crippen LogP contribution in [0.2, 0.25) is 0 Å². The zero-order valence-corrected chi connectivity index (χ0v) is 74.4. The molecule has 5 rings (SSSR count). The molecule has 33 heteroatoms.